The predicted octanol–water partition coefficient (Wildman–Crippen LogP) is 2.30. The van der Waals surface area contributed by atoms with Gasteiger partial charge in [0.25, 0.3) is 0 Å². The first-order valence-electron chi connectivity index (χ1n) is 6.75. The van der Waals surface area contributed by atoms with Crippen molar-refractivity contribution in [2.45, 2.75) is 51.2 Å². The Balaban J connectivity index is 1.98. The van der Waals surface area contributed by atoms with E-state index in [1.54, 1.807) is 0 Å². The normalized spacial score (nSPS) is 33.9. The Morgan fingerprint density at radius 3 is 2.88 bits per heavy atom. The van der Waals surface area contributed by atoms with E-state index < -0.39 is 0 Å². The van der Waals surface area contributed by atoms with Gasteiger partial charge >= 0.3 is 0 Å². The minimum absolute atomic E-state index is 0.752. The van der Waals surface area contributed by atoms with Gasteiger partial charge in [-0.05, 0) is 39.0 Å². The summed E-state index contributed by atoms with van der Waals surface area (Å²) in [5.74, 6) is 1.28. The Hall–Kier alpha value is 0.270. The molecule has 0 amide bonds. The zero-order valence-corrected chi connectivity index (χ0v) is 11.8. The zero-order valence-electron chi connectivity index (χ0n) is 11.0. The van der Waals surface area contributed by atoms with Crippen molar-refractivity contribution >= 4 is 11.8 Å². The lowest BCUT2D eigenvalue weighted by molar-refractivity contribution is 0.0296. The Morgan fingerprint density at radius 2 is 2.19 bits per heavy atom. The Bertz CT molecular complexity index is 222. The van der Waals surface area contributed by atoms with E-state index in [1.165, 1.54) is 44.6 Å². The van der Waals surface area contributed by atoms with Crippen LogP contribution in [-0.2, 0) is 0 Å². The lowest BCUT2D eigenvalue weighted by Crippen LogP contribution is -2.58. The molecule has 2 aliphatic rings. The van der Waals surface area contributed by atoms with E-state index in [2.05, 4.69) is 29.9 Å². The van der Waals surface area contributed by atoms with Crippen molar-refractivity contribution in [3.8, 4) is 0 Å². The molecule has 2 nitrogen and oxygen atoms in total. The van der Waals surface area contributed by atoms with Gasteiger partial charge in [-0.3, -0.25) is 9.80 Å². The molecule has 0 bridgehead atoms. The molecule has 16 heavy (non-hydrogen) atoms. The fourth-order valence-corrected chi connectivity index (χ4v) is 4.02. The highest BCUT2D eigenvalue weighted by molar-refractivity contribution is 7.98. The summed E-state index contributed by atoms with van der Waals surface area (Å²) < 4.78 is 0. The first-order chi connectivity index (χ1) is 7.76. The van der Waals surface area contributed by atoms with Gasteiger partial charge in [0, 0.05) is 37.0 Å². The summed E-state index contributed by atoms with van der Waals surface area (Å²) in [5.41, 5.74) is 0. The molecule has 0 radical (unpaired) electrons. The van der Waals surface area contributed by atoms with E-state index >= 15 is 0 Å². The Morgan fingerprint density at radius 1 is 1.38 bits per heavy atom. The van der Waals surface area contributed by atoms with Crippen LogP contribution in [0.2, 0.25) is 0 Å². The fraction of sp³-hybridized carbons (Fsp3) is 1.00. The summed E-state index contributed by atoms with van der Waals surface area (Å²) in [6, 6.07) is 2.42. The van der Waals surface area contributed by atoms with Crippen LogP contribution in [0.1, 0.15) is 33.1 Å². The van der Waals surface area contributed by atoms with Crippen molar-refractivity contribution in [3.05, 3.63) is 0 Å². The third-order valence-corrected chi connectivity index (χ3v) is 5.10. The summed E-state index contributed by atoms with van der Waals surface area (Å²) in [6.07, 6.45) is 6.38. The molecular weight excluding hydrogens is 216 g/mol. The highest BCUT2D eigenvalue weighted by atomic mass is 32.2. The fourth-order valence-electron chi connectivity index (χ4n) is 3.35. The molecule has 3 heteroatoms. The quantitative estimate of drug-likeness (QED) is 0.747. The van der Waals surface area contributed by atoms with E-state index in [0.29, 0.717) is 0 Å². The van der Waals surface area contributed by atoms with Crippen molar-refractivity contribution < 1.29 is 0 Å². The molecule has 94 valence electrons. The summed E-state index contributed by atoms with van der Waals surface area (Å²) in [7, 11) is 0. The predicted molar refractivity (Wildman–Crippen MR) is 73.2 cm³/mol. The maximum absolute atomic E-state index is 2.78. The van der Waals surface area contributed by atoms with E-state index in [9.17, 15) is 0 Å². The zero-order chi connectivity index (χ0) is 11.5. The number of thioether (sulfide) groups is 1. The number of piperazine rings is 1. The van der Waals surface area contributed by atoms with Gasteiger partial charge in [-0.25, -0.2) is 0 Å². The van der Waals surface area contributed by atoms with Crippen LogP contribution in [0.3, 0.4) is 0 Å². The lowest BCUT2D eigenvalue weighted by atomic mass is 10.0. The Kier molecular flexibility index (Phi) is 4.57. The van der Waals surface area contributed by atoms with Gasteiger partial charge in [0.15, 0.2) is 0 Å². The maximum atomic E-state index is 2.78. The lowest BCUT2D eigenvalue weighted by Gasteiger charge is -2.46. The first kappa shape index (κ1) is 12.7. The minimum atomic E-state index is 0.752. The third kappa shape index (κ3) is 2.57. The van der Waals surface area contributed by atoms with Gasteiger partial charge < -0.3 is 0 Å². The van der Waals surface area contributed by atoms with Crippen LogP contribution < -0.4 is 0 Å². The van der Waals surface area contributed by atoms with E-state index in [1.807, 2.05) is 11.8 Å². The second-order valence-corrected chi connectivity index (χ2v) is 6.26. The van der Waals surface area contributed by atoms with Crippen molar-refractivity contribution in [3.63, 3.8) is 0 Å². The summed E-state index contributed by atoms with van der Waals surface area (Å²) in [6.45, 7) is 8.75. The topological polar surface area (TPSA) is 6.48 Å². The molecule has 2 aliphatic heterocycles. The van der Waals surface area contributed by atoms with Gasteiger partial charge in [0.05, 0.1) is 0 Å². The molecule has 3 atom stereocenters. The maximum Gasteiger partial charge on any atom is 0.0224 e. The van der Waals surface area contributed by atoms with Crippen LogP contribution >= 0.6 is 11.8 Å². The Labute approximate surface area is 105 Å². The molecule has 2 heterocycles. The average molecular weight is 242 g/mol. The number of hydrogen-bond donors (Lipinski definition) is 0. The highest BCUT2D eigenvalue weighted by Gasteiger charge is 2.36. The second-order valence-electron chi connectivity index (χ2n) is 5.35. The molecule has 2 rings (SSSR count). The molecule has 3 unspecified atom stereocenters. The summed E-state index contributed by atoms with van der Waals surface area (Å²) in [5, 5.41) is 0. The monoisotopic (exact) mass is 242 g/mol. The third-order valence-electron chi connectivity index (χ3n) is 4.28. The van der Waals surface area contributed by atoms with Gasteiger partial charge in [0.2, 0.25) is 0 Å². The van der Waals surface area contributed by atoms with Crippen molar-refractivity contribution in [1.29, 1.82) is 0 Å². The van der Waals surface area contributed by atoms with Gasteiger partial charge in [-0.2, -0.15) is 11.8 Å². The average Bonchev–Trinajstić information content (AvgIpc) is 2.74. The van der Waals surface area contributed by atoms with E-state index in [4.69, 9.17) is 0 Å². The second kappa shape index (κ2) is 5.74. The van der Waals surface area contributed by atoms with Gasteiger partial charge in [-0.1, -0.05) is 6.92 Å². The van der Waals surface area contributed by atoms with Crippen LogP contribution in [0.4, 0.5) is 0 Å². The van der Waals surface area contributed by atoms with Gasteiger partial charge in [-0.15, -0.1) is 0 Å². The molecular formula is C13H26N2S. The standard InChI is InChI=1S/C13H26N2S/c1-4-12-8-14-7-5-6-13(14)9-15(12)11(2)10-16-3/h11-13H,4-10H2,1-3H3. The number of hydrogen-bond acceptors (Lipinski definition) is 3. The minimum Gasteiger partial charge on any atom is -0.298 e. The van der Waals surface area contributed by atoms with Crippen molar-refractivity contribution in [1.82, 2.24) is 9.80 Å². The van der Waals surface area contributed by atoms with Crippen LogP contribution in [0.5, 0.6) is 0 Å². The number of nitrogens with zero attached hydrogens (tertiary/aromatic N) is 2. The van der Waals surface area contributed by atoms with Gasteiger partial charge in [0.1, 0.15) is 0 Å². The SMILES string of the molecule is CCC1CN2CCCC2CN1C(C)CSC. The summed E-state index contributed by atoms with van der Waals surface area (Å²) in [4.78, 5) is 5.51. The van der Waals surface area contributed by atoms with Crippen molar-refractivity contribution in [2.75, 3.05) is 31.6 Å². The summed E-state index contributed by atoms with van der Waals surface area (Å²) >= 11 is 1.99. The number of fused-ring (bicyclic) bond motifs is 1. The molecule has 2 saturated heterocycles. The highest BCUT2D eigenvalue weighted by Crippen LogP contribution is 2.27. The molecule has 0 saturated carbocycles. The molecule has 2 fully saturated rings. The van der Waals surface area contributed by atoms with Crippen LogP contribution in [0.25, 0.3) is 0 Å². The molecule has 0 N–H and O–H groups in total. The first-order valence-corrected chi connectivity index (χ1v) is 8.14. The van der Waals surface area contributed by atoms with E-state index in [0.717, 1.165) is 18.1 Å². The van der Waals surface area contributed by atoms with Crippen LogP contribution in [0.15, 0.2) is 0 Å². The largest absolute Gasteiger partial charge is 0.298 e. The molecule has 0 aromatic rings. The smallest absolute Gasteiger partial charge is 0.0224 e. The van der Waals surface area contributed by atoms with Crippen molar-refractivity contribution in [2.24, 2.45) is 0 Å². The molecule has 0 aromatic heterocycles. The van der Waals surface area contributed by atoms with E-state index in [-0.39, 0.29) is 0 Å². The van der Waals surface area contributed by atoms with Crippen LogP contribution in [-0.4, -0.2) is 59.6 Å². The molecule has 0 aromatic carbocycles. The molecule has 0 spiro atoms. The number of rotatable bonds is 4. The van der Waals surface area contributed by atoms with Crippen LogP contribution in [0, 0.1) is 0 Å². The molecule has 0 aliphatic carbocycles.